The smallest absolute Gasteiger partial charge is 0.321 e. The van der Waals surface area contributed by atoms with Gasteiger partial charge in [-0.05, 0) is 19.9 Å². The Hall–Kier alpha value is -0.260. The number of carboxylic acids is 1. The fourth-order valence-corrected chi connectivity index (χ4v) is 3.45. The van der Waals surface area contributed by atoms with Crippen molar-refractivity contribution in [2.24, 2.45) is 0 Å². The van der Waals surface area contributed by atoms with Gasteiger partial charge in [0, 0.05) is 18.8 Å². The van der Waals surface area contributed by atoms with Crippen LogP contribution in [0.2, 0.25) is 0 Å². The minimum Gasteiger partial charge on any atom is -0.480 e. The van der Waals surface area contributed by atoms with Gasteiger partial charge in [-0.25, -0.2) is 0 Å². The molecule has 2 rings (SSSR count). The molecule has 0 aromatic carbocycles. The predicted molar refractivity (Wildman–Crippen MR) is 56.5 cm³/mol. The van der Waals surface area contributed by atoms with Crippen LogP contribution in [0.15, 0.2) is 0 Å². The van der Waals surface area contributed by atoms with Crippen LogP contribution in [0.5, 0.6) is 0 Å². The first-order valence-electron chi connectivity index (χ1n) is 4.94. The van der Waals surface area contributed by atoms with Crippen molar-refractivity contribution in [3.63, 3.8) is 0 Å². The van der Waals surface area contributed by atoms with E-state index in [4.69, 9.17) is 5.11 Å². The maximum absolute atomic E-state index is 10.8. The van der Waals surface area contributed by atoms with E-state index in [1.165, 1.54) is 0 Å². The molecule has 1 spiro atoms. The highest BCUT2D eigenvalue weighted by Crippen LogP contribution is 2.38. The van der Waals surface area contributed by atoms with E-state index in [0.717, 1.165) is 25.9 Å². The van der Waals surface area contributed by atoms with E-state index in [-0.39, 0.29) is 10.9 Å². The zero-order valence-electron chi connectivity index (χ0n) is 8.32. The molecule has 80 valence electrons. The van der Waals surface area contributed by atoms with Crippen LogP contribution in [0, 0.1) is 0 Å². The van der Waals surface area contributed by atoms with Crippen LogP contribution < -0.4 is 5.32 Å². The van der Waals surface area contributed by atoms with E-state index >= 15 is 0 Å². The number of carboxylic acid groups (broad SMARTS) is 1. The molecule has 2 aliphatic heterocycles. The number of rotatable bonds is 1. The molecule has 0 aliphatic carbocycles. The second-order valence-electron chi connectivity index (χ2n) is 4.14. The molecule has 0 bridgehead atoms. The van der Waals surface area contributed by atoms with Crippen molar-refractivity contribution in [2.75, 3.05) is 25.9 Å². The second kappa shape index (κ2) is 3.72. The number of likely N-dealkylation sites (tertiary alicyclic amines) is 1. The summed E-state index contributed by atoms with van der Waals surface area (Å²) in [5.41, 5.74) is 0. The lowest BCUT2D eigenvalue weighted by Crippen LogP contribution is -2.51. The number of thioether (sulfide) groups is 1. The first-order chi connectivity index (χ1) is 6.61. The summed E-state index contributed by atoms with van der Waals surface area (Å²) in [6.45, 7) is 2.12. The average Bonchev–Trinajstić information content (AvgIpc) is 2.56. The topological polar surface area (TPSA) is 52.6 Å². The van der Waals surface area contributed by atoms with Crippen molar-refractivity contribution < 1.29 is 9.90 Å². The maximum atomic E-state index is 10.8. The van der Waals surface area contributed by atoms with Crippen LogP contribution in [0.1, 0.15) is 12.8 Å². The number of aliphatic carboxylic acids is 1. The fourth-order valence-electron chi connectivity index (χ4n) is 2.05. The summed E-state index contributed by atoms with van der Waals surface area (Å²) in [7, 11) is 2.11. The Bertz CT molecular complexity index is 239. The summed E-state index contributed by atoms with van der Waals surface area (Å²) in [4.78, 5) is 13.2. The first-order valence-corrected chi connectivity index (χ1v) is 5.93. The van der Waals surface area contributed by atoms with Crippen LogP contribution in [0.25, 0.3) is 0 Å². The van der Waals surface area contributed by atoms with E-state index in [1.807, 2.05) is 0 Å². The van der Waals surface area contributed by atoms with Crippen LogP contribution >= 0.6 is 11.8 Å². The van der Waals surface area contributed by atoms with Crippen LogP contribution in [-0.2, 0) is 4.79 Å². The average molecular weight is 216 g/mol. The summed E-state index contributed by atoms with van der Waals surface area (Å²) < 4.78 is 0. The zero-order chi connectivity index (χ0) is 10.2. The van der Waals surface area contributed by atoms with Crippen molar-refractivity contribution >= 4 is 17.7 Å². The lowest BCUT2D eigenvalue weighted by molar-refractivity contribution is -0.139. The maximum Gasteiger partial charge on any atom is 0.321 e. The minimum atomic E-state index is -0.715. The molecule has 2 aliphatic rings. The summed E-state index contributed by atoms with van der Waals surface area (Å²) >= 11 is 1.79. The van der Waals surface area contributed by atoms with E-state index in [1.54, 1.807) is 11.8 Å². The minimum absolute atomic E-state index is 0.0512. The highest BCUT2D eigenvalue weighted by molar-refractivity contribution is 8.01. The number of carbonyl (C=O) groups is 1. The van der Waals surface area contributed by atoms with Crippen LogP contribution in [0.4, 0.5) is 0 Å². The molecule has 2 fully saturated rings. The molecule has 2 heterocycles. The molecular weight excluding hydrogens is 200 g/mol. The van der Waals surface area contributed by atoms with Crippen LogP contribution in [0.3, 0.4) is 0 Å². The third-order valence-corrected chi connectivity index (χ3v) is 4.64. The highest BCUT2D eigenvalue weighted by atomic mass is 32.2. The number of piperidine rings is 1. The van der Waals surface area contributed by atoms with Gasteiger partial charge >= 0.3 is 5.97 Å². The summed E-state index contributed by atoms with van der Waals surface area (Å²) in [6, 6.07) is -0.344. The normalized spacial score (nSPS) is 32.2. The van der Waals surface area contributed by atoms with Crippen molar-refractivity contribution in [1.82, 2.24) is 10.2 Å². The molecule has 0 amide bonds. The third kappa shape index (κ3) is 1.89. The molecule has 0 aromatic heterocycles. The molecule has 2 N–H and O–H groups in total. The van der Waals surface area contributed by atoms with Gasteiger partial charge in [0.15, 0.2) is 0 Å². The van der Waals surface area contributed by atoms with Gasteiger partial charge in [0.05, 0.1) is 4.87 Å². The zero-order valence-corrected chi connectivity index (χ0v) is 9.14. The summed E-state index contributed by atoms with van der Waals surface area (Å²) in [5, 5.41) is 12.2. The third-order valence-electron chi connectivity index (χ3n) is 3.06. The van der Waals surface area contributed by atoms with Crippen molar-refractivity contribution in [1.29, 1.82) is 0 Å². The number of nitrogens with zero attached hydrogens (tertiary/aromatic N) is 1. The van der Waals surface area contributed by atoms with Crippen LogP contribution in [-0.4, -0.2) is 52.8 Å². The Morgan fingerprint density at radius 3 is 2.71 bits per heavy atom. The number of hydrogen-bond acceptors (Lipinski definition) is 4. The molecule has 0 saturated carbocycles. The second-order valence-corrected chi connectivity index (χ2v) is 5.55. The molecule has 0 aromatic rings. The Morgan fingerprint density at radius 2 is 2.21 bits per heavy atom. The molecule has 0 unspecified atom stereocenters. The Labute approximate surface area is 88.0 Å². The Morgan fingerprint density at radius 1 is 1.57 bits per heavy atom. The lowest BCUT2D eigenvalue weighted by atomic mass is 10.0. The largest absolute Gasteiger partial charge is 0.480 e. The van der Waals surface area contributed by atoms with Crippen molar-refractivity contribution in [2.45, 2.75) is 23.8 Å². The van der Waals surface area contributed by atoms with Gasteiger partial charge in [-0.15, -0.1) is 11.8 Å². The van der Waals surface area contributed by atoms with E-state index in [2.05, 4.69) is 17.3 Å². The van der Waals surface area contributed by atoms with Gasteiger partial charge in [0.25, 0.3) is 0 Å². The van der Waals surface area contributed by atoms with E-state index in [9.17, 15) is 4.79 Å². The quantitative estimate of drug-likeness (QED) is 0.656. The van der Waals surface area contributed by atoms with Gasteiger partial charge in [0.1, 0.15) is 6.04 Å². The molecule has 14 heavy (non-hydrogen) atoms. The summed E-state index contributed by atoms with van der Waals surface area (Å²) in [5.74, 6) is -0.00715. The van der Waals surface area contributed by atoms with Crippen molar-refractivity contribution in [3.05, 3.63) is 0 Å². The van der Waals surface area contributed by atoms with Gasteiger partial charge < -0.3 is 10.0 Å². The lowest BCUT2D eigenvalue weighted by Gasteiger charge is -2.37. The van der Waals surface area contributed by atoms with E-state index < -0.39 is 5.97 Å². The first kappa shape index (κ1) is 10.3. The Balaban J connectivity index is 1.96. The predicted octanol–water partition coefficient (Wildman–Crippen LogP) is 0.198. The van der Waals surface area contributed by atoms with E-state index in [0.29, 0.717) is 5.75 Å². The highest BCUT2D eigenvalue weighted by Gasteiger charge is 2.43. The molecule has 2 saturated heterocycles. The number of hydrogen-bond donors (Lipinski definition) is 2. The van der Waals surface area contributed by atoms with Gasteiger partial charge in [-0.1, -0.05) is 0 Å². The molecule has 4 nitrogen and oxygen atoms in total. The van der Waals surface area contributed by atoms with Gasteiger partial charge in [-0.2, -0.15) is 0 Å². The molecule has 0 radical (unpaired) electrons. The summed E-state index contributed by atoms with van der Waals surface area (Å²) in [6.07, 6.45) is 2.11. The standard InChI is InChI=1S/C9H16N2O2S/c1-11-4-2-9(3-5-11)10-7(6-14-9)8(12)13/h7,10H,2-6H2,1H3,(H,12,13)/t7-/m0/s1. The molecule has 1 atom stereocenters. The van der Waals surface area contributed by atoms with Crippen molar-refractivity contribution in [3.8, 4) is 0 Å². The fraction of sp³-hybridized carbons (Fsp3) is 0.889. The van der Waals surface area contributed by atoms with Gasteiger partial charge in [0.2, 0.25) is 0 Å². The Kier molecular flexibility index (Phi) is 2.72. The monoisotopic (exact) mass is 216 g/mol. The number of nitrogens with one attached hydrogen (secondary N) is 1. The molecule has 5 heteroatoms. The SMILES string of the molecule is CN1CCC2(CC1)N[C@H](C(=O)O)CS2. The molecular formula is C9H16N2O2S. The van der Waals surface area contributed by atoms with Gasteiger partial charge in [-0.3, -0.25) is 10.1 Å².